The minimum Gasteiger partial charge on any atom is -0.365 e. The Labute approximate surface area is 162 Å². The van der Waals surface area contributed by atoms with Crippen molar-refractivity contribution in [2.75, 3.05) is 5.32 Å². The number of primary amides is 1. The number of amides is 1. The lowest BCUT2D eigenvalue weighted by atomic mass is 10.1. The number of aryl methyl sites for hydroxylation is 2. The van der Waals surface area contributed by atoms with E-state index in [4.69, 9.17) is 5.73 Å². The normalized spacial score (nSPS) is 10.6. The van der Waals surface area contributed by atoms with Crippen LogP contribution in [0.4, 0.5) is 17.2 Å². The van der Waals surface area contributed by atoms with E-state index in [1.54, 1.807) is 6.20 Å². The standard InChI is InChI=1S/C17H15BrN6O3/c18-12-8-21-23(10-12)6-5-11-1-3-13(4-2-11)22-17-15(16(19)25)7-14(9-20-17)24(26)27/h1-4,7-10H,5-6H2,(H2,19,25)(H,20,22). The molecule has 0 spiro atoms. The Balaban J connectivity index is 1.70. The van der Waals surface area contributed by atoms with Crippen LogP contribution < -0.4 is 11.1 Å². The molecule has 1 aromatic carbocycles. The molecule has 3 aromatic rings. The van der Waals surface area contributed by atoms with Gasteiger partial charge in [0.1, 0.15) is 12.0 Å². The largest absolute Gasteiger partial charge is 0.365 e. The van der Waals surface area contributed by atoms with Gasteiger partial charge in [0.2, 0.25) is 0 Å². The lowest BCUT2D eigenvalue weighted by molar-refractivity contribution is -0.385. The molecule has 0 saturated carbocycles. The Kier molecular flexibility index (Phi) is 5.46. The molecule has 9 nitrogen and oxygen atoms in total. The summed E-state index contributed by atoms with van der Waals surface area (Å²) in [5, 5.41) is 18.0. The van der Waals surface area contributed by atoms with Crippen LogP contribution in [-0.2, 0) is 13.0 Å². The Morgan fingerprint density at radius 3 is 2.63 bits per heavy atom. The molecule has 0 saturated heterocycles. The summed E-state index contributed by atoms with van der Waals surface area (Å²) in [6, 6.07) is 8.66. The van der Waals surface area contributed by atoms with Gasteiger partial charge in [-0.05, 0) is 40.0 Å². The highest BCUT2D eigenvalue weighted by Crippen LogP contribution is 2.23. The van der Waals surface area contributed by atoms with Crippen LogP contribution in [0.15, 0.2) is 53.4 Å². The second-order valence-corrected chi connectivity index (χ2v) is 6.62. The Hall–Kier alpha value is -3.27. The lowest BCUT2D eigenvalue weighted by Gasteiger charge is -2.10. The molecule has 3 N–H and O–H groups in total. The second kappa shape index (κ2) is 7.96. The van der Waals surface area contributed by atoms with Gasteiger partial charge in [0.05, 0.1) is 21.2 Å². The molecule has 138 valence electrons. The van der Waals surface area contributed by atoms with Crippen molar-refractivity contribution in [3.63, 3.8) is 0 Å². The zero-order chi connectivity index (χ0) is 19.4. The summed E-state index contributed by atoms with van der Waals surface area (Å²) in [4.78, 5) is 25.7. The minimum atomic E-state index is -0.796. The maximum absolute atomic E-state index is 11.6. The van der Waals surface area contributed by atoms with Crippen LogP contribution in [0.2, 0.25) is 0 Å². The molecule has 0 atom stereocenters. The van der Waals surface area contributed by atoms with Gasteiger partial charge in [0.25, 0.3) is 11.6 Å². The number of carbonyl (C=O) groups excluding carboxylic acids is 1. The van der Waals surface area contributed by atoms with Crippen LogP contribution in [0.3, 0.4) is 0 Å². The first kappa shape index (κ1) is 18.5. The van der Waals surface area contributed by atoms with Crippen molar-refractivity contribution in [1.82, 2.24) is 14.8 Å². The van der Waals surface area contributed by atoms with Crippen molar-refractivity contribution in [3.8, 4) is 0 Å². The molecule has 0 radical (unpaired) electrons. The SMILES string of the molecule is NC(=O)c1cc([N+](=O)[O-])cnc1Nc1ccc(CCn2cc(Br)cn2)cc1. The molecule has 10 heteroatoms. The molecule has 2 aromatic heterocycles. The monoisotopic (exact) mass is 430 g/mol. The van der Waals surface area contributed by atoms with Crippen LogP contribution >= 0.6 is 15.9 Å². The topological polar surface area (TPSA) is 129 Å². The lowest BCUT2D eigenvalue weighted by Crippen LogP contribution is -2.14. The quantitative estimate of drug-likeness (QED) is 0.437. The third kappa shape index (κ3) is 4.67. The van der Waals surface area contributed by atoms with Gasteiger partial charge < -0.3 is 11.1 Å². The van der Waals surface area contributed by atoms with Crippen LogP contribution in [0.25, 0.3) is 0 Å². The molecule has 2 heterocycles. The maximum Gasteiger partial charge on any atom is 0.288 e. The van der Waals surface area contributed by atoms with Gasteiger partial charge in [-0.15, -0.1) is 0 Å². The highest BCUT2D eigenvalue weighted by Gasteiger charge is 2.16. The van der Waals surface area contributed by atoms with Gasteiger partial charge in [-0.2, -0.15) is 5.10 Å². The van der Waals surface area contributed by atoms with Crippen molar-refractivity contribution in [2.24, 2.45) is 5.73 Å². The zero-order valence-electron chi connectivity index (χ0n) is 14.0. The molecule has 27 heavy (non-hydrogen) atoms. The Bertz CT molecular complexity index is 987. The third-order valence-corrected chi connectivity index (χ3v) is 4.21. The van der Waals surface area contributed by atoms with E-state index in [9.17, 15) is 14.9 Å². The highest BCUT2D eigenvalue weighted by atomic mass is 79.9. The Morgan fingerprint density at radius 2 is 2.04 bits per heavy atom. The van der Waals surface area contributed by atoms with E-state index in [1.165, 1.54) is 0 Å². The first-order valence-corrected chi connectivity index (χ1v) is 8.70. The first-order chi connectivity index (χ1) is 12.9. The summed E-state index contributed by atoms with van der Waals surface area (Å²) in [7, 11) is 0. The van der Waals surface area contributed by atoms with Gasteiger partial charge in [0.15, 0.2) is 0 Å². The van der Waals surface area contributed by atoms with Crippen molar-refractivity contribution in [1.29, 1.82) is 0 Å². The number of aromatic nitrogens is 3. The van der Waals surface area contributed by atoms with Crippen LogP contribution in [0.1, 0.15) is 15.9 Å². The molecule has 0 aliphatic carbocycles. The number of nitrogens with one attached hydrogen (secondary N) is 1. The third-order valence-electron chi connectivity index (χ3n) is 3.80. The predicted molar refractivity (Wildman–Crippen MR) is 103 cm³/mol. The number of pyridine rings is 1. The smallest absolute Gasteiger partial charge is 0.288 e. The number of hydrogen-bond acceptors (Lipinski definition) is 6. The highest BCUT2D eigenvalue weighted by molar-refractivity contribution is 9.10. The number of nitrogens with two attached hydrogens (primary N) is 1. The van der Waals surface area contributed by atoms with Gasteiger partial charge in [0, 0.05) is 24.5 Å². The summed E-state index contributed by atoms with van der Waals surface area (Å²) in [5.41, 5.74) is 6.76. The fraction of sp³-hybridized carbons (Fsp3) is 0.118. The number of halogens is 1. The van der Waals surface area contributed by atoms with E-state index in [0.717, 1.165) is 35.3 Å². The summed E-state index contributed by atoms with van der Waals surface area (Å²) < 4.78 is 2.78. The van der Waals surface area contributed by atoms with Crippen LogP contribution in [0.5, 0.6) is 0 Å². The number of benzene rings is 1. The van der Waals surface area contributed by atoms with E-state index in [0.29, 0.717) is 5.69 Å². The van der Waals surface area contributed by atoms with Crippen molar-refractivity contribution in [3.05, 3.63) is 74.6 Å². The molecular formula is C17H15BrN6O3. The van der Waals surface area contributed by atoms with E-state index < -0.39 is 10.8 Å². The van der Waals surface area contributed by atoms with Crippen LogP contribution in [-0.4, -0.2) is 25.6 Å². The van der Waals surface area contributed by atoms with E-state index >= 15 is 0 Å². The average Bonchev–Trinajstić information content (AvgIpc) is 3.06. The van der Waals surface area contributed by atoms with Gasteiger partial charge in [-0.1, -0.05) is 12.1 Å². The minimum absolute atomic E-state index is 0.0439. The van der Waals surface area contributed by atoms with Crippen molar-refractivity contribution in [2.45, 2.75) is 13.0 Å². The van der Waals surface area contributed by atoms with E-state index in [1.807, 2.05) is 35.1 Å². The number of hydrogen-bond donors (Lipinski definition) is 2. The number of rotatable bonds is 7. The first-order valence-electron chi connectivity index (χ1n) is 7.90. The summed E-state index contributed by atoms with van der Waals surface area (Å²) >= 11 is 3.36. The fourth-order valence-electron chi connectivity index (χ4n) is 2.44. The number of nitro groups is 1. The molecule has 3 rings (SSSR count). The predicted octanol–water partition coefficient (Wildman–Crippen LogP) is 3.03. The fourth-order valence-corrected chi connectivity index (χ4v) is 2.76. The average molecular weight is 431 g/mol. The number of anilines is 2. The number of nitrogens with zero attached hydrogens (tertiary/aromatic N) is 4. The number of carbonyl (C=O) groups is 1. The summed E-state index contributed by atoms with van der Waals surface area (Å²) in [5.74, 6) is -0.627. The summed E-state index contributed by atoms with van der Waals surface area (Å²) in [6.07, 6.45) is 5.52. The molecule has 0 unspecified atom stereocenters. The van der Waals surface area contributed by atoms with Crippen molar-refractivity contribution < 1.29 is 9.72 Å². The second-order valence-electron chi connectivity index (χ2n) is 5.70. The van der Waals surface area contributed by atoms with E-state index in [-0.39, 0.29) is 17.1 Å². The van der Waals surface area contributed by atoms with Crippen LogP contribution in [0, 0.1) is 10.1 Å². The molecule has 0 aliphatic rings. The van der Waals surface area contributed by atoms with Gasteiger partial charge >= 0.3 is 0 Å². The maximum atomic E-state index is 11.6. The van der Waals surface area contributed by atoms with Gasteiger partial charge in [-0.25, -0.2) is 4.98 Å². The van der Waals surface area contributed by atoms with Gasteiger partial charge in [-0.3, -0.25) is 19.6 Å². The van der Waals surface area contributed by atoms with Crippen molar-refractivity contribution >= 4 is 39.0 Å². The summed E-state index contributed by atoms with van der Waals surface area (Å²) in [6.45, 7) is 0.744. The molecule has 0 fully saturated rings. The van der Waals surface area contributed by atoms with E-state index in [2.05, 4.69) is 31.3 Å². The molecule has 0 bridgehead atoms. The Morgan fingerprint density at radius 1 is 1.30 bits per heavy atom. The molecule has 0 aliphatic heterocycles. The molecule has 1 amide bonds. The zero-order valence-corrected chi connectivity index (χ0v) is 15.6. The molecular weight excluding hydrogens is 416 g/mol.